The van der Waals surface area contributed by atoms with Crippen LogP contribution >= 0.6 is 11.8 Å². The van der Waals surface area contributed by atoms with Crippen molar-refractivity contribution in [2.75, 3.05) is 32.1 Å². The van der Waals surface area contributed by atoms with Crippen LogP contribution in [0.1, 0.15) is 19.3 Å². The average Bonchev–Trinajstić information content (AvgIpc) is 2.75. The maximum absolute atomic E-state index is 10.2. The number of carboxylic acid groups (broad SMARTS) is 3. The van der Waals surface area contributed by atoms with Gasteiger partial charge in [0.15, 0.2) is 11.9 Å². The summed E-state index contributed by atoms with van der Waals surface area (Å²) in [5, 5.41) is 38.9. The van der Waals surface area contributed by atoms with Crippen molar-refractivity contribution in [3.05, 3.63) is 12.5 Å². The van der Waals surface area contributed by atoms with E-state index in [2.05, 4.69) is 15.6 Å². The lowest BCUT2D eigenvalue weighted by Gasteiger charge is -2.12. The van der Waals surface area contributed by atoms with Crippen molar-refractivity contribution in [3.63, 3.8) is 0 Å². The number of hydrogen-bond donors (Lipinski definition) is 11. The van der Waals surface area contributed by atoms with Crippen molar-refractivity contribution in [1.29, 1.82) is 5.41 Å². The van der Waals surface area contributed by atoms with E-state index in [1.165, 1.54) is 7.05 Å². The minimum absolute atomic E-state index is 0.0129. The van der Waals surface area contributed by atoms with Crippen LogP contribution in [0.15, 0.2) is 17.5 Å². The number of nitrogens with zero attached hydrogens (tertiary/aromatic N) is 2. The van der Waals surface area contributed by atoms with Crippen LogP contribution in [0.25, 0.3) is 0 Å². The van der Waals surface area contributed by atoms with Gasteiger partial charge >= 0.3 is 17.9 Å². The van der Waals surface area contributed by atoms with E-state index in [9.17, 15) is 14.4 Å². The number of aliphatic imine (C=N–C) groups is 1. The molecular formula is C17H39N9O8S. The summed E-state index contributed by atoms with van der Waals surface area (Å²) in [6, 6.07) is -1.50. The predicted molar refractivity (Wildman–Crippen MR) is 133 cm³/mol. The molecule has 35 heavy (non-hydrogen) atoms. The molecule has 18 heteroatoms. The number of nitrogens with one attached hydrogen (secondary N) is 1. The Bertz CT molecular complexity index is 649. The molecule has 0 aliphatic rings. The third-order valence-corrected chi connectivity index (χ3v) is 3.80. The van der Waals surface area contributed by atoms with Crippen molar-refractivity contribution in [2.24, 2.45) is 39.4 Å². The molecule has 17 N–H and O–H groups in total. The van der Waals surface area contributed by atoms with Gasteiger partial charge in [0.2, 0.25) is 0 Å². The first-order valence-corrected chi connectivity index (χ1v) is 11.0. The maximum Gasteiger partial charge on any atom is 0.323 e. The molecule has 0 heterocycles. The van der Waals surface area contributed by atoms with E-state index in [0.29, 0.717) is 25.8 Å². The highest BCUT2D eigenvalue weighted by molar-refractivity contribution is 7.98. The lowest BCUT2D eigenvalue weighted by Crippen LogP contribution is -2.36. The van der Waals surface area contributed by atoms with Gasteiger partial charge in [0.25, 0.3) is 0 Å². The zero-order valence-corrected chi connectivity index (χ0v) is 20.6. The third kappa shape index (κ3) is 38.1. The Morgan fingerprint density at radius 3 is 1.83 bits per heavy atom. The number of carbonyl (C=O) groups is 3. The fourth-order valence-corrected chi connectivity index (χ4v) is 1.82. The second-order valence-electron chi connectivity index (χ2n) is 6.19. The monoisotopic (exact) mass is 529 g/mol. The van der Waals surface area contributed by atoms with E-state index in [1.54, 1.807) is 11.8 Å². The van der Waals surface area contributed by atoms with E-state index < -0.39 is 30.0 Å². The van der Waals surface area contributed by atoms with Crippen LogP contribution in [0.5, 0.6) is 0 Å². The van der Waals surface area contributed by atoms with E-state index in [4.69, 9.17) is 54.7 Å². The molecule has 0 aromatic carbocycles. The first-order valence-electron chi connectivity index (χ1n) is 9.62. The molecule has 0 aliphatic heterocycles. The van der Waals surface area contributed by atoms with E-state index in [-0.39, 0.29) is 18.5 Å². The molecule has 2 unspecified atom stereocenters. The largest absolute Gasteiger partial charge is 0.480 e. The maximum atomic E-state index is 10.2. The summed E-state index contributed by atoms with van der Waals surface area (Å²) in [4.78, 5) is 38.4. The number of guanidine groups is 2. The molecule has 17 nitrogen and oxygen atoms in total. The lowest BCUT2D eigenvalue weighted by molar-refractivity contribution is -0.186. The van der Waals surface area contributed by atoms with E-state index in [1.807, 2.05) is 6.26 Å². The Morgan fingerprint density at radius 2 is 1.57 bits per heavy atom. The van der Waals surface area contributed by atoms with E-state index >= 15 is 0 Å². The molecule has 0 fully saturated rings. The molecule has 0 saturated carbocycles. The summed E-state index contributed by atoms with van der Waals surface area (Å²) in [7, 11) is 1.44. The fraction of sp³-hybridized carbons (Fsp3) is 0.588. The summed E-state index contributed by atoms with van der Waals surface area (Å²) >= 11 is 1.60. The second kappa shape index (κ2) is 26.8. The summed E-state index contributed by atoms with van der Waals surface area (Å²) < 4.78 is 0. The number of rotatable bonds is 12. The zero-order chi connectivity index (χ0) is 28.4. The van der Waals surface area contributed by atoms with Gasteiger partial charge < -0.3 is 59.5 Å². The van der Waals surface area contributed by atoms with Crippen LogP contribution in [-0.4, -0.2) is 99.5 Å². The third-order valence-electron chi connectivity index (χ3n) is 3.16. The summed E-state index contributed by atoms with van der Waals surface area (Å²) in [5.41, 5.74) is 30.1. The predicted octanol–water partition coefficient (Wildman–Crippen LogP) is -2.59. The molecule has 0 aromatic heterocycles. The number of thioether (sulfide) groups is 1. The molecular weight excluding hydrogens is 490 g/mol. The molecule has 0 aromatic rings. The smallest absolute Gasteiger partial charge is 0.323 e. The van der Waals surface area contributed by atoms with Gasteiger partial charge in [-0.2, -0.15) is 11.8 Å². The van der Waals surface area contributed by atoms with Gasteiger partial charge in [-0.1, -0.05) is 0 Å². The van der Waals surface area contributed by atoms with Crippen LogP contribution in [0.3, 0.4) is 0 Å². The Hall–Kier alpha value is -3.48. The Balaban J connectivity index is -0.000000190. The first-order chi connectivity index (χ1) is 16.2. The molecule has 0 amide bonds. The molecule has 0 saturated heterocycles. The van der Waals surface area contributed by atoms with E-state index in [0.717, 1.165) is 23.1 Å². The van der Waals surface area contributed by atoms with Crippen molar-refractivity contribution in [2.45, 2.75) is 31.3 Å². The molecule has 0 radical (unpaired) electrons. The molecule has 0 bridgehead atoms. The second-order valence-corrected chi connectivity index (χ2v) is 7.17. The Morgan fingerprint density at radius 1 is 1.09 bits per heavy atom. The van der Waals surface area contributed by atoms with Crippen molar-refractivity contribution >= 4 is 41.6 Å². The summed E-state index contributed by atoms with van der Waals surface area (Å²) in [5.74, 6) is -2.32. The van der Waals surface area contributed by atoms with Gasteiger partial charge in [-0.25, -0.2) is 5.26 Å². The highest BCUT2D eigenvalue weighted by Gasteiger charge is 2.10. The molecule has 206 valence electrons. The minimum Gasteiger partial charge on any atom is -0.480 e. The van der Waals surface area contributed by atoms with Crippen molar-refractivity contribution < 1.29 is 39.8 Å². The van der Waals surface area contributed by atoms with Crippen molar-refractivity contribution in [3.8, 4) is 0 Å². The number of nitrogens with two attached hydrogens (primary N) is 6. The molecule has 0 spiro atoms. The Kier molecular flexibility index (Phi) is 29.7. The fourth-order valence-electron chi connectivity index (χ4n) is 1.33. The number of carboxylic acids is 3. The van der Waals surface area contributed by atoms with Gasteiger partial charge in [0, 0.05) is 19.8 Å². The van der Waals surface area contributed by atoms with Gasteiger partial charge in [-0.3, -0.25) is 24.8 Å². The van der Waals surface area contributed by atoms with Crippen LogP contribution in [0, 0.1) is 5.41 Å². The van der Waals surface area contributed by atoms with Crippen LogP contribution < -0.4 is 34.4 Å². The normalized spacial score (nSPS) is 11.0. The number of likely N-dealkylation sites (N-methyl/N-ethyl adjacent to an activating group) is 1. The SMILES string of the molecule is CN(CC(=O)O)C(=N)N.CSCCC(N)C(=O)O.N/C=C/OO.NC(N)=NCCCC(N)C(=O)O. The lowest BCUT2D eigenvalue weighted by atomic mass is 10.2. The topological polar surface area (TPSA) is 337 Å². The van der Waals surface area contributed by atoms with Gasteiger partial charge in [-0.15, -0.1) is 0 Å². The molecule has 2 atom stereocenters. The number of hydrogen-bond acceptors (Lipinski definition) is 11. The highest BCUT2D eigenvalue weighted by atomic mass is 32.2. The van der Waals surface area contributed by atoms with Gasteiger partial charge in [0.05, 0.1) is 0 Å². The summed E-state index contributed by atoms with van der Waals surface area (Å²) in [6.45, 7) is 0.193. The Labute approximate surface area is 207 Å². The quantitative estimate of drug-likeness (QED) is 0.0308. The van der Waals surface area contributed by atoms with Gasteiger partial charge in [0.1, 0.15) is 24.9 Å². The average molecular weight is 530 g/mol. The zero-order valence-electron chi connectivity index (χ0n) is 19.7. The van der Waals surface area contributed by atoms with Crippen LogP contribution in [0.4, 0.5) is 0 Å². The number of aliphatic carboxylic acids is 3. The first kappa shape index (κ1) is 38.8. The van der Waals surface area contributed by atoms with Crippen LogP contribution in [-0.2, 0) is 19.3 Å². The van der Waals surface area contributed by atoms with Crippen LogP contribution in [0.2, 0.25) is 0 Å². The highest BCUT2D eigenvalue weighted by Crippen LogP contribution is 1.97. The molecule has 0 aliphatic carbocycles. The minimum atomic E-state index is -1.00. The molecule has 0 rings (SSSR count). The standard InChI is InChI=1S/C6H14N4O2.C5H11NO2S.C4H9N3O2.C2H5NO2/c7-4(5(11)12)2-1-3-10-6(8)9;1-9-3-2-4(6)5(7)8;1-7(4(5)6)2-3(8)9;3-1-2-5-4/h4H,1-3,7H2,(H,11,12)(H4,8,9,10);4H,2-3,6H2,1H3,(H,7,8);2H2,1H3,(H3,5,6)(H,8,9);1-2,4H,3H2/b;;;2-1+. The van der Waals surface area contributed by atoms with Gasteiger partial charge in [-0.05, 0) is 31.3 Å². The summed E-state index contributed by atoms with van der Waals surface area (Å²) in [6.07, 6.45) is 5.47. The van der Waals surface area contributed by atoms with Crippen molar-refractivity contribution in [1.82, 2.24) is 4.90 Å².